The van der Waals surface area contributed by atoms with Gasteiger partial charge < -0.3 is 5.11 Å². The van der Waals surface area contributed by atoms with E-state index in [2.05, 4.69) is 80.7 Å². The first-order valence-corrected chi connectivity index (χ1v) is 12.4. The molecule has 0 radical (unpaired) electrons. The van der Waals surface area contributed by atoms with E-state index in [0.717, 1.165) is 24.4 Å². The Morgan fingerprint density at radius 1 is 0.917 bits per heavy atom. The van der Waals surface area contributed by atoms with E-state index in [9.17, 15) is 5.11 Å². The average Bonchev–Trinajstić information content (AvgIpc) is 2.61. The minimum atomic E-state index is -1.25. The summed E-state index contributed by atoms with van der Waals surface area (Å²) in [7, 11) is -1.25. The Morgan fingerprint density at radius 2 is 1.54 bits per heavy atom. The minimum Gasteiger partial charge on any atom is -0.388 e. The Balaban J connectivity index is 1.93. The predicted molar refractivity (Wildman–Crippen MR) is 108 cm³/mol. The lowest BCUT2D eigenvalue weighted by molar-refractivity contribution is 0.173. The van der Waals surface area contributed by atoms with Crippen LogP contribution >= 0.6 is 0 Å². The fourth-order valence-corrected chi connectivity index (χ4v) is 4.96. The van der Waals surface area contributed by atoms with Crippen LogP contribution in [-0.4, -0.2) is 13.2 Å². The van der Waals surface area contributed by atoms with Crippen molar-refractivity contribution in [2.45, 2.75) is 51.1 Å². The van der Waals surface area contributed by atoms with E-state index in [-0.39, 0.29) is 6.10 Å². The molecule has 0 bridgehead atoms. The maximum atomic E-state index is 10.5. The molecule has 128 valence electrons. The maximum absolute atomic E-state index is 10.5. The summed E-state index contributed by atoms with van der Waals surface area (Å²) in [4.78, 5) is 0. The standard InChI is InChI=1S/C22H30OSi/c1-4-5-9-17-24(2,3)18-16-22(23)21-14-12-20(13-15-21)19-10-7-6-8-11-19/h5-15,22-23H,4,16-18H2,1-3H3/b9-5+. The maximum Gasteiger partial charge on any atom is 0.0787 e. The van der Waals surface area contributed by atoms with Gasteiger partial charge in [-0.05, 0) is 35.6 Å². The summed E-state index contributed by atoms with van der Waals surface area (Å²) in [6, 6.07) is 21.1. The lowest BCUT2D eigenvalue weighted by Gasteiger charge is -2.22. The van der Waals surface area contributed by atoms with Gasteiger partial charge in [0.15, 0.2) is 0 Å². The third-order valence-electron chi connectivity index (χ3n) is 4.57. The van der Waals surface area contributed by atoms with Gasteiger partial charge in [0, 0.05) is 0 Å². The molecule has 2 heteroatoms. The lowest BCUT2D eigenvalue weighted by atomic mass is 10.0. The molecule has 0 saturated carbocycles. The zero-order chi connectivity index (χ0) is 17.4. The summed E-state index contributed by atoms with van der Waals surface area (Å²) in [6.07, 6.45) is 6.21. The van der Waals surface area contributed by atoms with Crippen molar-refractivity contribution in [2.24, 2.45) is 0 Å². The molecule has 0 fully saturated rings. The van der Waals surface area contributed by atoms with Gasteiger partial charge in [0.25, 0.3) is 0 Å². The van der Waals surface area contributed by atoms with E-state index >= 15 is 0 Å². The summed E-state index contributed by atoms with van der Waals surface area (Å²) in [5.74, 6) is 0. The molecule has 0 aromatic heterocycles. The van der Waals surface area contributed by atoms with Gasteiger partial charge in [0.05, 0.1) is 14.2 Å². The summed E-state index contributed by atoms with van der Waals surface area (Å²) in [5.41, 5.74) is 3.45. The smallest absolute Gasteiger partial charge is 0.0787 e. The fraction of sp³-hybridized carbons (Fsp3) is 0.364. The number of hydrogen-bond donors (Lipinski definition) is 1. The number of hydrogen-bond acceptors (Lipinski definition) is 1. The van der Waals surface area contributed by atoms with Gasteiger partial charge in [-0.25, -0.2) is 0 Å². The van der Waals surface area contributed by atoms with E-state index in [0.29, 0.717) is 0 Å². The van der Waals surface area contributed by atoms with Crippen molar-refractivity contribution in [1.82, 2.24) is 0 Å². The van der Waals surface area contributed by atoms with Crippen molar-refractivity contribution in [2.75, 3.05) is 0 Å². The third kappa shape index (κ3) is 5.77. The first kappa shape index (κ1) is 18.7. The van der Waals surface area contributed by atoms with Crippen LogP contribution in [0.5, 0.6) is 0 Å². The second-order valence-electron chi connectivity index (χ2n) is 7.29. The highest BCUT2D eigenvalue weighted by molar-refractivity contribution is 6.77. The molecule has 1 atom stereocenters. The fourth-order valence-electron chi connectivity index (χ4n) is 2.89. The molecule has 0 spiro atoms. The van der Waals surface area contributed by atoms with Gasteiger partial charge in [-0.1, -0.05) is 92.8 Å². The molecule has 1 unspecified atom stereocenters. The molecule has 2 rings (SSSR count). The largest absolute Gasteiger partial charge is 0.388 e. The minimum absolute atomic E-state index is 0.350. The number of benzene rings is 2. The summed E-state index contributed by atoms with van der Waals surface area (Å²) in [6.45, 7) is 7.00. The molecule has 1 nitrogen and oxygen atoms in total. The van der Waals surface area contributed by atoms with Crippen molar-refractivity contribution in [3.8, 4) is 11.1 Å². The highest BCUT2D eigenvalue weighted by atomic mass is 28.3. The van der Waals surface area contributed by atoms with E-state index < -0.39 is 8.07 Å². The normalized spacial score (nSPS) is 13.3. The first-order chi connectivity index (χ1) is 11.5. The van der Waals surface area contributed by atoms with Crippen LogP contribution < -0.4 is 0 Å². The Kier molecular flexibility index (Phi) is 7.01. The monoisotopic (exact) mass is 338 g/mol. The second kappa shape index (κ2) is 9.00. The quantitative estimate of drug-likeness (QED) is 0.433. The molecule has 0 aliphatic heterocycles. The molecule has 2 aromatic carbocycles. The molecular formula is C22H30OSi. The number of aliphatic hydroxyl groups is 1. The van der Waals surface area contributed by atoms with Gasteiger partial charge in [-0.3, -0.25) is 0 Å². The van der Waals surface area contributed by atoms with Crippen molar-refractivity contribution in [1.29, 1.82) is 0 Å². The number of allylic oxidation sites excluding steroid dienone is 2. The Hall–Kier alpha value is -1.64. The van der Waals surface area contributed by atoms with Crippen molar-refractivity contribution in [3.63, 3.8) is 0 Å². The van der Waals surface area contributed by atoms with Gasteiger partial charge in [-0.2, -0.15) is 0 Å². The summed E-state index contributed by atoms with van der Waals surface area (Å²) in [5, 5.41) is 10.5. The predicted octanol–water partition coefficient (Wildman–Crippen LogP) is 6.45. The van der Waals surface area contributed by atoms with E-state index in [1.807, 2.05) is 6.07 Å². The van der Waals surface area contributed by atoms with Crippen LogP contribution in [0.25, 0.3) is 11.1 Å². The van der Waals surface area contributed by atoms with E-state index in [1.165, 1.54) is 17.2 Å². The molecule has 0 saturated heterocycles. The van der Waals surface area contributed by atoms with Crippen molar-refractivity contribution in [3.05, 3.63) is 72.3 Å². The third-order valence-corrected chi connectivity index (χ3v) is 7.55. The topological polar surface area (TPSA) is 20.2 Å². The van der Waals surface area contributed by atoms with E-state index in [4.69, 9.17) is 0 Å². The van der Waals surface area contributed by atoms with Gasteiger partial charge in [0.2, 0.25) is 0 Å². The number of aliphatic hydroxyl groups excluding tert-OH is 1. The van der Waals surface area contributed by atoms with Crippen LogP contribution in [0.4, 0.5) is 0 Å². The second-order valence-corrected chi connectivity index (χ2v) is 12.5. The molecular weight excluding hydrogens is 308 g/mol. The highest BCUT2D eigenvalue weighted by Crippen LogP contribution is 2.27. The summed E-state index contributed by atoms with van der Waals surface area (Å²) >= 11 is 0. The Morgan fingerprint density at radius 3 is 2.17 bits per heavy atom. The van der Waals surface area contributed by atoms with Crippen LogP contribution in [0.1, 0.15) is 31.4 Å². The molecule has 0 heterocycles. The summed E-state index contributed by atoms with van der Waals surface area (Å²) < 4.78 is 0. The average molecular weight is 339 g/mol. The van der Waals surface area contributed by atoms with Crippen LogP contribution in [0.2, 0.25) is 25.2 Å². The molecule has 24 heavy (non-hydrogen) atoms. The molecule has 1 N–H and O–H groups in total. The van der Waals surface area contributed by atoms with Gasteiger partial charge in [0.1, 0.15) is 0 Å². The van der Waals surface area contributed by atoms with Crippen LogP contribution in [0, 0.1) is 0 Å². The van der Waals surface area contributed by atoms with E-state index in [1.54, 1.807) is 0 Å². The highest BCUT2D eigenvalue weighted by Gasteiger charge is 2.20. The molecule has 2 aromatic rings. The Bertz CT molecular complexity index is 629. The van der Waals surface area contributed by atoms with Crippen molar-refractivity contribution >= 4 is 8.07 Å². The first-order valence-electron chi connectivity index (χ1n) is 9.00. The lowest BCUT2D eigenvalue weighted by Crippen LogP contribution is -2.24. The van der Waals surface area contributed by atoms with Crippen LogP contribution in [0.15, 0.2) is 66.7 Å². The molecule has 0 aliphatic carbocycles. The molecule has 0 aliphatic rings. The zero-order valence-corrected chi connectivity index (χ0v) is 16.2. The SMILES string of the molecule is CC/C=C/C[Si](C)(C)CCC(O)c1ccc(-c2ccccc2)cc1. The van der Waals surface area contributed by atoms with Crippen molar-refractivity contribution < 1.29 is 5.11 Å². The van der Waals surface area contributed by atoms with Gasteiger partial charge in [-0.15, -0.1) is 0 Å². The van der Waals surface area contributed by atoms with Crippen LogP contribution in [0.3, 0.4) is 0 Å². The number of rotatable bonds is 8. The van der Waals surface area contributed by atoms with Crippen LogP contribution in [-0.2, 0) is 0 Å². The Labute approximate surface area is 148 Å². The molecule has 0 amide bonds. The van der Waals surface area contributed by atoms with Gasteiger partial charge >= 0.3 is 0 Å². The zero-order valence-electron chi connectivity index (χ0n) is 15.2.